The third kappa shape index (κ3) is 4.27. The van der Waals surface area contributed by atoms with Crippen LogP contribution < -0.4 is 4.74 Å². The molecule has 0 bridgehead atoms. The van der Waals surface area contributed by atoms with Crippen molar-refractivity contribution >= 4 is 17.8 Å². The fourth-order valence-corrected chi connectivity index (χ4v) is 2.50. The van der Waals surface area contributed by atoms with Crippen LogP contribution in [0, 0.1) is 0 Å². The minimum Gasteiger partial charge on any atom is -0.468 e. The quantitative estimate of drug-likeness (QED) is 0.553. The molecule has 0 unspecified atom stereocenters. The summed E-state index contributed by atoms with van der Waals surface area (Å²) in [6.45, 7) is -1.86. The number of esters is 1. The van der Waals surface area contributed by atoms with Crippen LogP contribution in [-0.2, 0) is 4.74 Å². The van der Waals surface area contributed by atoms with E-state index < -0.39 is 30.6 Å². The molecule has 0 spiro atoms. The first-order valence-corrected chi connectivity index (χ1v) is 8.04. The Morgan fingerprint density at radius 2 is 1.68 bits per heavy atom. The third-order valence-corrected chi connectivity index (χ3v) is 3.78. The monoisotopic (exact) mass is 394 g/mol. The van der Waals surface area contributed by atoms with Crippen molar-refractivity contribution in [2.45, 2.75) is 6.18 Å². The van der Waals surface area contributed by atoms with Crippen molar-refractivity contribution in [2.24, 2.45) is 0 Å². The minimum absolute atomic E-state index is 0.0123. The van der Waals surface area contributed by atoms with Crippen LogP contribution in [0.3, 0.4) is 0 Å². The average molecular weight is 394 g/mol. The Bertz CT molecular complexity index is 877. The van der Waals surface area contributed by atoms with Crippen LogP contribution in [0.25, 0.3) is 0 Å². The summed E-state index contributed by atoms with van der Waals surface area (Å²) in [7, 11) is 0. The van der Waals surface area contributed by atoms with Crippen molar-refractivity contribution < 1.29 is 37.0 Å². The number of hydrogen-bond acceptors (Lipinski definition) is 6. The Balaban J connectivity index is 1.51. The van der Waals surface area contributed by atoms with Gasteiger partial charge >= 0.3 is 12.1 Å². The molecule has 2 heterocycles. The summed E-state index contributed by atoms with van der Waals surface area (Å²) in [6, 6.07) is 8.66. The zero-order valence-corrected chi connectivity index (χ0v) is 14.2. The van der Waals surface area contributed by atoms with E-state index in [1.54, 1.807) is 12.1 Å². The van der Waals surface area contributed by atoms with E-state index >= 15 is 0 Å². The van der Waals surface area contributed by atoms with E-state index in [4.69, 9.17) is 4.74 Å². The molecule has 0 aliphatic carbocycles. The number of hydrogen-bond donors (Lipinski definition) is 0. The number of aromatic nitrogens is 1. The van der Waals surface area contributed by atoms with Crippen molar-refractivity contribution in [1.29, 1.82) is 0 Å². The molecule has 0 N–H and O–H groups in total. The van der Waals surface area contributed by atoms with Crippen LogP contribution in [0.1, 0.15) is 31.1 Å². The highest BCUT2D eigenvalue weighted by atomic mass is 19.4. The Morgan fingerprint density at radius 3 is 2.21 bits per heavy atom. The lowest BCUT2D eigenvalue weighted by molar-refractivity contribution is -0.154. The normalized spacial score (nSPS) is 13.5. The van der Waals surface area contributed by atoms with E-state index in [1.165, 1.54) is 18.2 Å². The summed E-state index contributed by atoms with van der Waals surface area (Å²) in [5.74, 6) is -2.03. The van der Waals surface area contributed by atoms with Gasteiger partial charge in [-0.25, -0.2) is 9.78 Å². The number of carbonyl (C=O) groups is 3. The first kappa shape index (κ1) is 19.3. The number of rotatable bonds is 6. The molecule has 146 valence electrons. The van der Waals surface area contributed by atoms with Gasteiger partial charge in [0, 0.05) is 12.3 Å². The van der Waals surface area contributed by atoms with Gasteiger partial charge < -0.3 is 9.47 Å². The lowest BCUT2D eigenvalue weighted by Crippen LogP contribution is -2.33. The van der Waals surface area contributed by atoms with Crippen molar-refractivity contribution in [3.05, 3.63) is 59.3 Å². The predicted molar refractivity (Wildman–Crippen MR) is 87.9 cm³/mol. The lowest BCUT2D eigenvalue weighted by atomic mass is 10.1. The molecular weight excluding hydrogens is 381 g/mol. The van der Waals surface area contributed by atoms with Crippen LogP contribution in [0.5, 0.6) is 5.88 Å². The molecule has 3 rings (SSSR count). The summed E-state index contributed by atoms with van der Waals surface area (Å²) in [6.07, 6.45) is -3.49. The highest BCUT2D eigenvalue weighted by Crippen LogP contribution is 2.22. The molecule has 10 heteroatoms. The van der Waals surface area contributed by atoms with Gasteiger partial charge in [-0.05, 0) is 18.2 Å². The van der Waals surface area contributed by atoms with Crippen molar-refractivity contribution in [3.8, 4) is 5.88 Å². The zero-order chi connectivity index (χ0) is 20.3. The molecule has 28 heavy (non-hydrogen) atoms. The number of nitrogens with zero attached hydrogens (tertiary/aromatic N) is 2. The molecule has 2 aromatic rings. The first-order valence-electron chi connectivity index (χ1n) is 8.04. The van der Waals surface area contributed by atoms with Gasteiger partial charge in [0.15, 0.2) is 6.61 Å². The third-order valence-electron chi connectivity index (χ3n) is 3.78. The molecule has 1 aliphatic heterocycles. The molecule has 0 saturated heterocycles. The second kappa shape index (κ2) is 7.67. The Hall–Kier alpha value is -3.43. The van der Waals surface area contributed by atoms with Gasteiger partial charge in [-0.1, -0.05) is 12.1 Å². The maximum absolute atomic E-state index is 12.2. The van der Waals surface area contributed by atoms with Crippen molar-refractivity contribution in [2.75, 3.05) is 19.8 Å². The summed E-state index contributed by atoms with van der Waals surface area (Å²) in [5.41, 5.74) is 0.566. The summed E-state index contributed by atoms with van der Waals surface area (Å²) >= 11 is 0. The number of pyridine rings is 1. The number of ether oxygens (including phenoxy) is 2. The first-order chi connectivity index (χ1) is 13.3. The highest BCUT2D eigenvalue weighted by Gasteiger charge is 2.34. The molecule has 1 aliphatic rings. The van der Waals surface area contributed by atoms with Crippen LogP contribution in [0.2, 0.25) is 0 Å². The van der Waals surface area contributed by atoms with Crippen molar-refractivity contribution in [1.82, 2.24) is 9.88 Å². The molecule has 1 aromatic carbocycles. The van der Waals surface area contributed by atoms with Gasteiger partial charge in [0.25, 0.3) is 11.8 Å². The number of imide groups is 1. The summed E-state index contributed by atoms with van der Waals surface area (Å²) < 4.78 is 45.7. The molecule has 0 fully saturated rings. The molecular formula is C18H13F3N2O5. The highest BCUT2D eigenvalue weighted by molar-refractivity contribution is 6.21. The van der Waals surface area contributed by atoms with Gasteiger partial charge in [0.1, 0.15) is 6.61 Å². The molecule has 0 radical (unpaired) electrons. The number of halogens is 3. The number of fused-ring (bicyclic) bond motifs is 1. The maximum Gasteiger partial charge on any atom is 0.422 e. The number of carbonyl (C=O) groups excluding carboxylic acids is 3. The zero-order valence-electron chi connectivity index (χ0n) is 14.2. The van der Waals surface area contributed by atoms with E-state index in [0.29, 0.717) is 0 Å². The predicted octanol–water partition coefficient (Wildman–Crippen LogP) is 2.48. The van der Waals surface area contributed by atoms with Gasteiger partial charge in [-0.15, -0.1) is 0 Å². The lowest BCUT2D eigenvalue weighted by Gasteiger charge is -2.13. The smallest absolute Gasteiger partial charge is 0.422 e. The van der Waals surface area contributed by atoms with E-state index in [9.17, 15) is 27.6 Å². The molecule has 0 atom stereocenters. The average Bonchev–Trinajstić information content (AvgIpc) is 2.91. The number of alkyl halides is 3. The summed E-state index contributed by atoms with van der Waals surface area (Å²) in [4.78, 5) is 40.9. The van der Waals surface area contributed by atoms with Crippen LogP contribution in [0.15, 0.2) is 42.6 Å². The van der Waals surface area contributed by atoms with Crippen LogP contribution in [-0.4, -0.2) is 53.6 Å². The largest absolute Gasteiger partial charge is 0.468 e. The van der Waals surface area contributed by atoms with E-state index in [-0.39, 0.29) is 35.7 Å². The summed E-state index contributed by atoms with van der Waals surface area (Å²) in [5, 5.41) is 0. The molecule has 2 amide bonds. The van der Waals surface area contributed by atoms with E-state index in [2.05, 4.69) is 9.72 Å². The molecule has 1 aromatic heterocycles. The second-order valence-electron chi connectivity index (χ2n) is 5.73. The second-order valence-corrected chi connectivity index (χ2v) is 5.73. The standard InChI is InChI=1S/C18H13F3N2O5/c19-18(20,21)10-28-14-6-5-11(9-22-14)17(26)27-8-7-23-15(24)12-3-1-2-4-13(12)16(23)25/h1-6,9H,7-8,10H2. The minimum atomic E-state index is -4.50. The molecule has 7 nitrogen and oxygen atoms in total. The Labute approximate surface area is 156 Å². The molecule has 0 saturated carbocycles. The van der Waals surface area contributed by atoms with Gasteiger partial charge in [-0.3, -0.25) is 14.5 Å². The van der Waals surface area contributed by atoms with Gasteiger partial charge in [0.05, 0.1) is 23.2 Å². The van der Waals surface area contributed by atoms with Crippen LogP contribution in [0.4, 0.5) is 13.2 Å². The maximum atomic E-state index is 12.2. The van der Waals surface area contributed by atoms with Gasteiger partial charge in [-0.2, -0.15) is 13.2 Å². The van der Waals surface area contributed by atoms with E-state index in [1.807, 2.05) is 0 Å². The van der Waals surface area contributed by atoms with Crippen molar-refractivity contribution in [3.63, 3.8) is 0 Å². The van der Waals surface area contributed by atoms with E-state index in [0.717, 1.165) is 17.2 Å². The topological polar surface area (TPSA) is 85.8 Å². The fraction of sp³-hybridized carbons (Fsp3) is 0.222. The van der Waals surface area contributed by atoms with Crippen LogP contribution >= 0.6 is 0 Å². The number of benzene rings is 1. The number of amides is 2. The Kier molecular flexibility index (Phi) is 5.30. The van der Waals surface area contributed by atoms with Gasteiger partial charge in [0.2, 0.25) is 5.88 Å². The SMILES string of the molecule is O=C(OCCN1C(=O)c2ccccc2C1=O)c1ccc(OCC(F)(F)F)nc1. The fourth-order valence-electron chi connectivity index (χ4n) is 2.50. The Morgan fingerprint density at radius 1 is 1.04 bits per heavy atom.